The van der Waals surface area contributed by atoms with E-state index in [1.54, 1.807) is 0 Å². The average molecular weight is 273 g/mol. The van der Waals surface area contributed by atoms with E-state index in [0.717, 1.165) is 13.0 Å². The van der Waals surface area contributed by atoms with Gasteiger partial charge in [-0.25, -0.2) is 0 Å². The van der Waals surface area contributed by atoms with Crippen molar-refractivity contribution in [3.8, 4) is 0 Å². The van der Waals surface area contributed by atoms with Crippen molar-refractivity contribution in [3.05, 3.63) is 57.3 Å². The first-order chi connectivity index (χ1) is 9.22. The summed E-state index contributed by atoms with van der Waals surface area (Å²) in [6, 6.07) is 11.5. The van der Waals surface area contributed by atoms with E-state index in [2.05, 4.69) is 61.8 Å². The lowest BCUT2D eigenvalue weighted by atomic mass is 9.94. The molecule has 0 aliphatic rings. The monoisotopic (exact) mass is 273 g/mol. The van der Waals surface area contributed by atoms with Crippen molar-refractivity contribution >= 4 is 11.3 Å². The summed E-state index contributed by atoms with van der Waals surface area (Å²) in [4.78, 5) is 1.48. The third-order valence-corrected chi connectivity index (χ3v) is 4.67. The second kappa shape index (κ2) is 6.88. The third-order valence-electron chi connectivity index (χ3n) is 3.73. The highest BCUT2D eigenvalue weighted by Crippen LogP contribution is 2.25. The Hall–Kier alpha value is -1.12. The topological polar surface area (TPSA) is 12.0 Å². The number of hydrogen-bond acceptors (Lipinski definition) is 2. The zero-order valence-electron chi connectivity index (χ0n) is 12.1. The Kier molecular flexibility index (Phi) is 5.17. The van der Waals surface area contributed by atoms with Crippen molar-refractivity contribution in [2.24, 2.45) is 0 Å². The van der Waals surface area contributed by atoms with Gasteiger partial charge in [0.1, 0.15) is 0 Å². The summed E-state index contributed by atoms with van der Waals surface area (Å²) in [7, 11) is 0. The first-order valence-electron chi connectivity index (χ1n) is 7.04. The van der Waals surface area contributed by atoms with Crippen LogP contribution in [0.4, 0.5) is 0 Å². The molecule has 0 amide bonds. The minimum atomic E-state index is 0.465. The van der Waals surface area contributed by atoms with Gasteiger partial charge in [-0.05, 0) is 61.4 Å². The molecule has 1 aromatic carbocycles. The molecule has 1 unspecified atom stereocenters. The van der Waals surface area contributed by atoms with Gasteiger partial charge in [-0.15, -0.1) is 11.3 Å². The van der Waals surface area contributed by atoms with Gasteiger partial charge in [0.15, 0.2) is 0 Å². The SMILES string of the molecule is CCNC(CCc1cccs1)c1cccc(C)c1C. The summed E-state index contributed by atoms with van der Waals surface area (Å²) in [5, 5.41) is 5.80. The molecule has 0 aliphatic carbocycles. The van der Waals surface area contributed by atoms with Gasteiger partial charge in [0, 0.05) is 10.9 Å². The highest BCUT2D eigenvalue weighted by Gasteiger charge is 2.13. The number of thiophene rings is 1. The second-order valence-corrected chi connectivity index (χ2v) is 6.05. The van der Waals surface area contributed by atoms with E-state index in [1.165, 1.54) is 28.0 Å². The maximum Gasteiger partial charge on any atom is 0.0326 e. The number of rotatable bonds is 6. The summed E-state index contributed by atoms with van der Waals surface area (Å²) in [5.41, 5.74) is 4.27. The summed E-state index contributed by atoms with van der Waals surface area (Å²) >= 11 is 1.86. The molecule has 19 heavy (non-hydrogen) atoms. The Labute approximate surface area is 120 Å². The molecule has 1 N–H and O–H groups in total. The van der Waals surface area contributed by atoms with Crippen molar-refractivity contribution in [2.45, 2.75) is 39.7 Å². The molecule has 0 radical (unpaired) electrons. The number of aryl methyl sites for hydroxylation is 2. The lowest BCUT2D eigenvalue weighted by Crippen LogP contribution is -2.22. The van der Waals surface area contributed by atoms with E-state index in [1.807, 2.05) is 11.3 Å². The predicted molar refractivity (Wildman–Crippen MR) is 85.0 cm³/mol. The minimum Gasteiger partial charge on any atom is -0.310 e. The molecule has 102 valence electrons. The third kappa shape index (κ3) is 3.68. The van der Waals surface area contributed by atoms with Gasteiger partial charge in [-0.1, -0.05) is 31.2 Å². The summed E-state index contributed by atoms with van der Waals surface area (Å²) in [5.74, 6) is 0. The van der Waals surface area contributed by atoms with Crippen LogP contribution in [0, 0.1) is 13.8 Å². The van der Waals surface area contributed by atoms with E-state index in [-0.39, 0.29) is 0 Å². The Balaban J connectivity index is 2.12. The lowest BCUT2D eigenvalue weighted by Gasteiger charge is -2.21. The van der Waals surface area contributed by atoms with E-state index in [0.29, 0.717) is 6.04 Å². The molecule has 2 aromatic rings. The predicted octanol–water partition coefficient (Wildman–Crippen LogP) is 4.65. The van der Waals surface area contributed by atoms with Crippen molar-refractivity contribution in [2.75, 3.05) is 6.54 Å². The van der Waals surface area contributed by atoms with Crippen LogP contribution in [0.25, 0.3) is 0 Å². The fourth-order valence-electron chi connectivity index (χ4n) is 2.51. The number of benzene rings is 1. The van der Waals surface area contributed by atoms with E-state index >= 15 is 0 Å². The molecule has 2 rings (SSSR count). The van der Waals surface area contributed by atoms with Crippen LogP contribution in [0.1, 0.15) is 41.0 Å². The van der Waals surface area contributed by atoms with Gasteiger partial charge < -0.3 is 5.32 Å². The van der Waals surface area contributed by atoms with Crippen LogP contribution in [0.3, 0.4) is 0 Å². The van der Waals surface area contributed by atoms with Crippen LogP contribution in [-0.4, -0.2) is 6.54 Å². The molecule has 1 nitrogen and oxygen atoms in total. The molecule has 1 atom stereocenters. The van der Waals surface area contributed by atoms with Gasteiger partial charge in [0.05, 0.1) is 0 Å². The Bertz CT molecular complexity index is 502. The zero-order valence-corrected chi connectivity index (χ0v) is 12.9. The van der Waals surface area contributed by atoms with Crippen LogP contribution in [0.5, 0.6) is 0 Å². The Morgan fingerprint density at radius 2 is 2.00 bits per heavy atom. The quantitative estimate of drug-likeness (QED) is 0.808. The molecule has 2 heteroatoms. The standard InChI is InChI=1S/C17H23NS/c1-4-18-17(11-10-15-8-6-12-19-15)16-9-5-7-13(2)14(16)3/h5-9,12,17-18H,4,10-11H2,1-3H3. The van der Waals surface area contributed by atoms with Gasteiger partial charge in [0.2, 0.25) is 0 Å². The molecule has 0 saturated heterocycles. The summed E-state index contributed by atoms with van der Waals surface area (Å²) in [6.07, 6.45) is 2.32. The summed E-state index contributed by atoms with van der Waals surface area (Å²) < 4.78 is 0. The van der Waals surface area contributed by atoms with Crippen LogP contribution >= 0.6 is 11.3 Å². The molecule has 0 bridgehead atoms. The molecule has 0 aliphatic heterocycles. The number of nitrogens with one attached hydrogen (secondary N) is 1. The maximum absolute atomic E-state index is 3.63. The van der Waals surface area contributed by atoms with Gasteiger partial charge in [-0.3, -0.25) is 0 Å². The lowest BCUT2D eigenvalue weighted by molar-refractivity contribution is 0.514. The molecule has 1 heterocycles. The minimum absolute atomic E-state index is 0.465. The van der Waals surface area contributed by atoms with Crippen LogP contribution in [0.2, 0.25) is 0 Å². The molecular formula is C17H23NS. The van der Waals surface area contributed by atoms with Crippen molar-refractivity contribution in [1.29, 1.82) is 0 Å². The fourth-order valence-corrected chi connectivity index (χ4v) is 3.23. The summed E-state index contributed by atoms with van der Waals surface area (Å²) in [6.45, 7) is 7.63. The van der Waals surface area contributed by atoms with Gasteiger partial charge >= 0.3 is 0 Å². The molecule has 0 spiro atoms. The second-order valence-electron chi connectivity index (χ2n) is 5.02. The first-order valence-corrected chi connectivity index (χ1v) is 7.92. The van der Waals surface area contributed by atoms with Crippen molar-refractivity contribution in [1.82, 2.24) is 5.32 Å². The highest BCUT2D eigenvalue weighted by molar-refractivity contribution is 7.09. The van der Waals surface area contributed by atoms with Crippen molar-refractivity contribution < 1.29 is 0 Å². The van der Waals surface area contributed by atoms with Gasteiger partial charge in [-0.2, -0.15) is 0 Å². The van der Waals surface area contributed by atoms with Crippen LogP contribution < -0.4 is 5.32 Å². The van der Waals surface area contributed by atoms with E-state index < -0.39 is 0 Å². The van der Waals surface area contributed by atoms with E-state index in [9.17, 15) is 0 Å². The maximum atomic E-state index is 3.63. The Morgan fingerprint density at radius 3 is 2.68 bits per heavy atom. The first kappa shape index (κ1) is 14.3. The van der Waals surface area contributed by atoms with E-state index in [4.69, 9.17) is 0 Å². The smallest absolute Gasteiger partial charge is 0.0326 e. The van der Waals surface area contributed by atoms with Crippen molar-refractivity contribution in [3.63, 3.8) is 0 Å². The fraction of sp³-hybridized carbons (Fsp3) is 0.412. The highest BCUT2D eigenvalue weighted by atomic mass is 32.1. The van der Waals surface area contributed by atoms with Crippen LogP contribution in [0.15, 0.2) is 35.7 Å². The molecule has 0 saturated carbocycles. The normalized spacial score (nSPS) is 12.6. The largest absolute Gasteiger partial charge is 0.310 e. The molecule has 1 aromatic heterocycles. The number of hydrogen-bond donors (Lipinski definition) is 1. The zero-order chi connectivity index (χ0) is 13.7. The molecular weight excluding hydrogens is 250 g/mol. The Morgan fingerprint density at radius 1 is 1.16 bits per heavy atom. The molecule has 0 fully saturated rings. The van der Waals surface area contributed by atoms with Crippen LogP contribution in [-0.2, 0) is 6.42 Å². The average Bonchev–Trinajstić information content (AvgIpc) is 2.91. The van der Waals surface area contributed by atoms with Gasteiger partial charge in [0.25, 0.3) is 0 Å².